The van der Waals surface area contributed by atoms with Crippen molar-refractivity contribution >= 4 is 67.0 Å². The molecule has 1 saturated heterocycles. The van der Waals surface area contributed by atoms with Gasteiger partial charge in [-0.3, -0.25) is 0 Å². The van der Waals surface area contributed by atoms with Crippen LogP contribution in [0.3, 0.4) is 0 Å². The molecule has 12 heteroatoms. The summed E-state index contributed by atoms with van der Waals surface area (Å²) in [5, 5.41) is 0. The normalized spacial score (nSPS) is 12.8. The first-order chi connectivity index (χ1) is 46.7. The maximum Gasteiger partial charge on any atom is 0.494 e. The monoisotopic (exact) mass is 1480 g/mol. The van der Waals surface area contributed by atoms with Crippen molar-refractivity contribution in [2.45, 2.75) is 38.9 Å². The van der Waals surface area contributed by atoms with Crippen molar-refractivity contribution < 1.29 is 9.31 Å². The number of rotatable bonds is 12. The Morgan fingerprint density at radius 1 is 0.250 bits per heavy atom. The molecular weight excluding hydrogens is 1420 g/mol. The highest BCUT2D eigenvalue weighted by atomic mass is 127. The van der Waals surface area contributed by atoms with Gasteiger partial charge in [0, 0.05) is 45.9 Å². The average molecular weight is 1490 g/mol. The van der Waals surface area contributed by atoms with E-state index < -0.39 is 18.3 Å². The molecule has 96 heavy (non-hydrogen) atoms. The summed E-state index contributed by atoms with van der Waals surface area (Å²) in [5.74, 6) is 3.82. The Kier molecular flexibility index (Phi) is 20.0. The van der Waals surface area contributed by atoms with Gasteiger partial charge in [0.15, 0.2) is 34.9 Å². The predicted molar refractivity (Wildman–Crippen MR) is 410 cm³/mol. The van der Waals surface area contributed by atoms with Gasteiger partial charge in [-0.05, 0) is 160 Å². The van der Waals surface area contributed by atoms with Gasteiger partial charge in [-0.15, -0.1) is 0 Å². The number of nitrogens with zero attached hydrogens (tertiary/aromatic N) is 6. The largest absolute Gasteiger partial charge is 0.494 e. The molecule has 0 amide bonds. The van der Waals surface area contributed by atoms with Crippen molar-refractivity contribution in [3.05, 3.63) is 328 Å². The molecule has 0 spiro atoms. The number of halogens is 3. The van der Waals surface area contributed by atoms with Crippen molar-refractivity contribution in [2.24, 2.45) is 0 Å². The zero-order valence-corrected chi connectivity index (χ0v) is 58.6. The topological polar surface area (TPSA) is 95.8 Å². The van der Waals surface area contributed by atoms with Crippen LogP contribution in [-0.4, -0.2) is 48.2 Å². The van der Waals surface area contributed by atoms with Gasteiger partial charge >= 0.3 is 7.12 Å². The van der Waals surface area contributed by atoms with Crippen LogP contribution >= 0.6 is 54.5 Å². The van der Waals surface area contributed by atoms with Crippen LogP contribution in [0.25, 0.3) is 124 Å². The molecule has 0 aliphatic carbocycles. The molecule has 12 aromatic carbocycles. The summed E-state index contributed by atoms with van der Waals surface area (Å²) < 4.78 is 16.1. The molecule has 3 heterocycles. The standard InChI is InChI=1S/C39H34BN3O2.C39H26BrN3.C6H4BrI/c1-38(2)39(3,4)45-40(44-38)34-20-12-18-32(26-34)31-17-11-19-33(25-31)37-42-35(29-15-9-6-10-16-29)41-36(43-37)30-23-21-28(22-24-30)27-13-7-5-8-14-27;40-36-19-9-17-34(26-36)32-15-7-14-31(24-32)33-16-8-18-35(25-33)39-42-37(29-12-5-2-6-13-29)41-38(43-39)30-22-20-28(21-23-30)27-10-3-1-4-11-27;7-5-2-1-3-6(8)4-5/h5-26H,1-4H3;1-26H;1-4H. The van der Waals surface area contributed by atoms with Crippen LogP contribution in [-0.2, 0) is 9.31 Å². The van der Waals surface area contributed by atoms with Gasteiger partial charge in [0.2, 0.25) is 0 Å². The number of hydrogen-bond donors (Lipinski definition) is 0. The van der Waals surface area contributed by atoms with E-state index in [1.165, 1.54) is 20.3 Å². The zero-order valence-electron chi connectivity index (χ0n) is 53.2. The van der Waals surface area contributed by atoms with Crippen molar-refractivity contribution in [3.8, 4) is 124 Å². The molecule has 0 saturated carbocycles. The lowest BCUT2D eigenvalue weighted by molar-refractivity contribution is 0.00578. The maximum atomic E-state index is 6.33. The second kappa shape index (κ2) is 29.5. The number of hydrogen-bond acceptors (Lipinski definition) is 8. The lowest BCUT2D eigenvalue weighted by Crippen LogP contribution is -2.41. The molecule has 0 N–H and O–H groups in total. The summed E-state index contributed by atoms with van der Waals surface area (Å²) >= 11 is 9.23. The molecule has 1 aliphatic rings. The van der Waals surface area contributed by atoms with E-state index in [4.69, 9.17) is 39.2 Å². The Hall–Kier alpha value is -9.67. The highest BCUT2D eigenvalue weighted by Gasteiger charge is 2.51. The van der Waals surface area contributed by atoms with E-state index in [1.54, 1.807) is 0 Å². The molecular formula is C84H64BBr2IN6O2. The molecule has 15 rings (SSSR count). The van der Waals surface area contributed by atoms with Crippen molar-refractivity contribution in [3.63, 3.8) is 0 Å². The fourth-order valence-electron chi connectivity index (χ4n) is 11.1. The quantitative estimate of drug-likeness (QED) is 0.0882. The summed E-state index contributed by atoms with van der Waals surface area (Å²) in [6, 6.07) is 108. The third-order valence-electron chi connectivity index (χ3n) is 17.0. The highest BCUT2D eigenvalue weighted by molar-refractivity contribution is 14.1. The Labute approximate surface area is 592 Å². The minimum Gasteiger partial charge on any atom is -0.399 e. The maximum absolute atomic E-state index is 6.33. The van der Waals surface area contributed by atoms with Crippen LogP contribution in [0.5, 0.6) is 0 Å². The molecule has 2 aromatic heterocycles. The Morgan fingerprint density at radius 2 is 0.500 bits per heavy atom. The highest BCUT2D eigenvalue weighted by Crippen LogP contribution is 2.38. The van der Waals surface area contributed by atoms with E-state index in [2.05, 4.69) is 294 Å². The number of benzene rings is 12. The van der Waals surface area contributed by atoms with E-state index in [9.17, 15) is 0 Å². The van der Waals surface area contributed by atoms with Crippen LogP contribution in [0, 0.1) is 3.57 Å². The zero-order chi connectivity index (χ0) is 66.0. The van der Waals surface area contributed by atoms with Crippen LogP contribution < -0.4 is 5.46 Å². The van der Waals surface area contributed by atoms with Gasteiger partial charge in [0.25, 0.3) is 0 Å². The summed E-state index contributed by atoms with van der Waals surface area (Å²) in [6.45, 7) is 8.30. The summed E-state index contributed by atoms with van der Waals surface area (Å²) in [6.07, 6.45) is 0. The van der Waals surface area contributed by atoms with Gasteiger partial charge in [0.05, 0.1) is 11.2 Å². The predicted octanol–water partition coefficient (Wildman–Crippen LogP) is 22.2. The molecule has 14 aromatic rings. The van der Waals surface area contributed by atoms with Gasteiger partial charge in [-0.25, -0.2) is 29.9 Å². The lowest BCUT2D eigenvalue weighted by atomic mass is 9.78. The van der Waals surface area contributed by atoms with Crippen LogP contribution in [0.4, 0.5) is 0 Å². The molecule has 1 aliphatic heterocycles. The Morgan fingerprint density at radius 3 is 0.854 bits per heavy atom. The first kappa shape index (κ1) is 65.0. The van der Waals surface area contributed by atoms with E-state index in [0.29, 0.717) is 34.9 Å². The van der Waals surface area contributed by atoms with Crippen molar-refractivity contribution in [2.75, 3.05) is 0 Å². The van der Waals surface area contributed by atoms with Gasteiger partial charge < -0.3 is 9.31 Å². The molecule has 466 valence electrons. The van der Waals surface area contributed by atoms with E-state index in [0.717, 1.165) is 86.7 Å². The van der Waals surface area contributed by atoms with E-state index in [-0.39, 0.29) is 0 Å². The van der Waals surface area contributed by atoms with Crippen LogP contribution in [0.2, 0.25) is 0 Å². The van der Waals surface area contributed by atoms with Gasteiger partial charge in [-0.1, -0.05) is 299 Å². The second-order valence-corrected chi connectivity index (χ2v) is 27.2. The Bertz CT molecular complexity index is 4960. The van der Waals surface area contributed by atoms with Crippen LogP contribution in [0.15, 0.2) is 324 Å². The first-order valence-electron chi connectivity index (χ1n) is 31.6. The summed E-state index contributed by atoms with van der Waals surface area (Å²) in [4.78, 5) is 29.7. The van der Waals surface area contributed by atoms with E-state index in [1.807, 2.05) is 103 Å². The van der Waals surface area contributed by atoms with Crippen LogP contribution in [0.1, 0.15) is 27.7 Å². The van der Waals surface area contributed by atoms with Gasteiger partial charge in [0.1, 0.15) is 0 Å². The molecule has 0 radical (unpaired) electrons. The van der Waals surface area contributed by atoms with Crippen molar-refractivity contribution in [1.29, 1.82) is 0 Å². The minimum absolute atomic E-state index is 0.400. The smallest absolute Gasteiger partial charge is 0.399 e. The molecule has 0 unspecified atom stereocenters. The fraction of sp³-hybridized carbons (Fsp3) is 0.0714. The molecule has 0 atom stereocenters. The van der Waals surface area contributed by atoms with Crippen molar-refractivity contribution in [1.82, 2.24) is 29.9 Å². The first-order valence-corrected chi connectivity index (χ1v) is 34.3. The lowest BCUT2D eigenvalue weighted by Gasteiger charge is -2.32. The summed E-state index contributed by atoms with van der Waals surface area (Å²) in [7, 11) is -0.425. The summed E-state index contributed by atoms with van der Waals surface area (Å²) in [5.41, 5.74) is 17.1. The van der Waals surface area contributed by atoms with E-state index >= 15 is 0 Å². The second-order valence-electron chi connectivity index (χ2n) is 24.1. The SMILES string of the molecule is Brc1cccc(-c2cccc(-c3cccc(-c4nc(-c5ccccc5)nc(-c5ccc(-c6ccccc6)cc5)n4)c3)c2)c1.Brc1cccc(I)c1.CC1(C)OB(c2cccc(-c3cccc(-c4nc(-c5ccccc5)nc(-c5ccc(-c6ccccc6)cc5)n4)c3)c2)OC1(C)C. The Balaban J connectivity index is 0.000000155. The minimum atomic E-state index is -0.425. The molecule has 1 fully saturated rings. The number of aromatic nitrogens is 6. The molecule has 0 bridgehead atoms. The fourth-order valence-corrected chi connectivity index (χ4v) is 12.9. The third kappa shape index (κ3) is 15.7. The molecule has 8 nitrogen and oxygen atoms in total. The average Bonchev–Trinajstić information content (AvgIpc) is 1.57. The third-order valence-corrected chi connectivity index (χ3v) is 18.6. The van der Waals surface area contributed by atoms with Gasteiger partial charge in [-0.2, -0.15) is 0 Å².